The standard InChI is InChI=1S/C24H24N4O3S/c1-28-11-9-16-17(21(31-2)7-6-20(16)28)8-10-25-23-13-19(26-14-27-23)15-4-5-18(24(29)30)22(12-15)32-3/h4-7,9,11-14H,8,10H2,1-3H3,(H,29,30)(H,25,26,27). The first-order valence-corrected chi connectivity index (χ1v) is 11.3. The third-order valence-corrected chi connectivity index (χ3v) is 6.21. The smallest absolute Gasteiger partial charge is 0.336 e. The summed E-state index contributed by atoms with van der Waals surface area (Å²) in [6.07, 6.45) is 6.20. The first-order chi connectivity index (χ1) is 15.5. The van der Waals surface area contributed by atoms with E-state index in [9.17, 15) is 9.90 Å². The molecule has 2 aromatic carbocycles. The minimum Gasteiger partial charge on any atom is -0.496 e. The zero-order valence-corrected chi connectivity index (χ0v) is 18.9. The van der Waals surface area contributed by atoms with Gasteiger partial charge in [-0.1, -0.05) is 6.07 Å². The Morgan fingerprint density at radius 1 is 1.19 bits per heavy atom. The van der Waals surface area contributed by atoms with Crippen molar-refractivity contribution >= 4 is 34.5 Å². The van der Waals surface area contributed by atoms with Gasteiger partial charge in [0.2, 0.25) is 0 Å². The maximum Gasteiger partial charge on any atom is 0.336 e. The lowest BCUT2D eigenvalue weighted by Crippen LogP contribution is -2.08. The van der Waals surface area contributed by atoms with Crippen molar-refractivity contribution in [1.82, 2.24) is 14.5 Å². The zero-order chi connectivity index (χ0) is 22.7. The molecule has 2 aromatic heterocycles. The number of aromatic carboxylic acids is 1. The molecule has 8 heteroatoms. The van der Waals surface area contributed by atoms with Crippen LogP contribution in [-0.4, -0.2) is 45.5 Å². The number of rotatable bonds is 8. The fourth-order valence-electron chi connectivity index (χ4n) is 3.80. The molecule has 0 spiro atoms. The summed E-state index contributed by atoms with van der Waals surface area (Å²) in [5.41, 5.74) is 4.19. The lowest BCUT2D eigenvalue weighted by molar-refractivity contribution is 0.0693. The Morgan fingerprint density at radius 3 is 2.78 bits per heavy atom. The van der Waals surface area contributed by atoms with Crippen LogP contribution in [-0.2, 0) is 13.5 Å². The van der Waals surface area contributed by atoms with E-state index >= 15 is 0 Å². The van der Waals surface area contributed by atoms with Gasteiger partial charge in [-0.2, -0.15) is 0 Å². The van der Waals surface area contributed by atoms with Gasteiger partial charge in [0.25, 0.3) is 0 Å². The van der Waals surface area contributed by atoms with Crippen molar-refractivity contribution < 1.29 is 14.6 Å². The monoisotopic (exact) mass is 448 g/mol. The van der Waals surface area contributed by atoms with E-state index in [0.717, 1.165) is 29.0 Å². The van der Waals surface area contributed by atoms with Gasteiger partial charge in [-0.05, 0) is 43.0 Å². The van der Waals surface area contributed by atoms with E-state index < -0.39 is 5.97 Å². The number of aryl methyl sites for hydroxylation is 1. The topological polar surface area (TPSA) is 89.3 Å². The minimum atomic E-state index is -0.935. The van der Waals surface area contributed by atoms with Gasteiger partial charge in [-0.25, -0.2) is 14.8 Å². The molecule has 4 rings (SSSR count). The number of aromatic nitrogens is 3. The van der Waals surface area contributed by atoms with E-state index in [0.29, 0.717) is 17.3 Å². The van der Waals surface area contributed by atoms with Gasteiger partial charge in [0.1, 0.15) is 17.9 Å². The van der Waals surface area contributed by atoms with E-state index in [2.05, 4.69) is 38.2 Å². The molecule has 0 unspecified atom stereocenters. The van der Waals surface area contributed by atoms with E-state index in [1.807, 2.05) is 31.5 Å². The van der Waals surface area contributed by atoms with Crippen molar-refractivity contribution in [3.63, 3.8) is 0 Å². The second kappa shape index (κ2) is 9.32. The maximum absolute atomic E-state index is 11.4. The molecule has 0 amide bonds. The molecule has 2 heterocycles. The van der Waals surface area contributed by atoms with Crippen LogP contribution in [0.25, 0.3) is 22.2 Å². The second-order valence-corrected chi connectivity index (χ2v) is 8.14. The third kappa shape index (κ3) is 4.27. The summed E-state index contributed by atoms with van der Waals surface area (Å²) >= 11 is 1.40. The van der Waals surface area contributed by atoms with Crippen molar-refractivity contribution in [3.8, 4) is 17.0 Å². The Balaban J connectivity index is 1.53. The van der Waals surface area contributed by atoms with Crippen molar-refractivity contribution in [1.29, 1.82) is 0 Å². The number of benzene rings is 2. The first-order valence-electron chi connectivity index (χ1n) is 10.1. The Labute approximate surface area is 190 Å². The van der Waals surface area contributed by atoms with Crippen LogP contribution in [0.15, 0.2) is 59.9 Å². The van der Waals surface area contributed by atoms with Crippen molar-refractivity contribution in [3.05, 3.63) is 66.1 Å². The minimum absolute atomic E-state index is 0.290. The maximum atomic E-state index is 11.4. The Kier molecular flexibility index (Phi) is 6.32. The molecule has 2 N–H and O–H groups in total. The number of carboxylic acid groups (broad SMARTS) is 1. The molecule has 0 atom stereocenters. The molecule has 164 valence electrons. The van der Waals surface area contributed by atoms with Crippen LogP contribution in [0, 0.1) is 0 Å². The van der Waals surface area contributed by atoms with Gasteiger partial charge in [0.05, 0.1) is 18.4 Å². The van der Waals surface area contributed by atoms with Gasteiger partial charge < -0.3 is 19.7 Å². The predicted molar refractivity (Wildman–Crippen MR) is 128 cm³/mol. The number of hydrogen-bond acceptors (Lipinski definition) is 6. The number of fused-ring (bicyclic) bond motifs is 1. The second-order valence-electron chi connectivity index (χ2n) is 7.29. The predicted octanol–water partition coefficient (Wildman–Crippen LogP) is 4.72. The molecule has 0 radical (unpaired) electrons. The molecule has 7 nitrogen and oxygen atoms in total. The van der Waals surface area contributed by atoms with Gasteiger partial charge >= 0.3 is 5.97 Å². The highest BCUT2D eigenvalue weighted by Crippen LogP contribution is 2.30. The van der Waals surface area contributed by atoms with E-state index in [1.165, 1.54) is 29.0 Å². The van der Waals surface area contributed by atoms with Crippen LogP contribution in [0.1, 0.15) is 15.9 Å². The molecule has 0 saturated carbocycles. The fourth-order valence-corrected chi connectivity index (χ4v) is 4.42. The molecule has 0 bridgehead atoms. The highest BCUT2D eigenvalue weighted by molar-refractivity contribution is 7.98. The molecule has 0 saturated heterocycles. The summed E-state index contributed by atoms with van der Waals surface area (Å²) in [6.45, 7) is 0.675. The summed E-state index contributed by atoms with van der Waals surface area (Å²) < 4.78 is 7.68. The molecule has 4 aromatic rings. The average molecular weight is 449 g/mol. The fraction of sp³-hybridized carbons (Fsp3) is 0.208. The SMILES string of the molecule is COc1ccc2c(ccn2C)c1CCNc1cc(-c2ccc(C(=O)O)c(SC)c2)ncn1. The van der Waals surface area contributed by atoms with Gasteiger partial charge in [-0.3, -0.25) is 0 Å². The molecular formula is C24H24N4O3S. The number of nitrogens with zero attached hydrogens (tertiary/aromatic N) is 3. The van der Waals surface area contributed by atoms with Gasteiger partial charge in [0.15, 0.2) is 0 Å². The lowest BCUT2D eigenvalue weighted by Gasteiger charge is -2.12. The third-order valence-electron chi connectivity index (χ3n) is 5.43. The first kappa shape index (κ1) is 21.7. The normalized spacial score (nSPS) is 11.0. The molecule has 32 heavy (non-hydrogen) atoms. The number of ether oxygens (including phenoxy) is 1. The number of hydrogen-bond donors (Lipinski definition) is 2. The molecule has 0 aliphatic rings. The number of anilines is 1. The van der Waals surface area contributed by atoms with Crippen molar-refractivity contribution in [2.24, 2.45) is 7.05 Å². The van der Waals surface area contributed by atoms with Crippen LogP contribution in [0.3, 0.4) is 0 Å². The van der Waals surface area contributed by atoms with Crippen LogP contribution in [0.5, 0.6) is 5.75 Å². The van der Waals surface area contributed by atoms with Crippen LogP contribution in [0.2, 0.25) is 0 Å². The van der Waals surface area contributed by atoms with Gasteiger partial charge in [0, 0.05) is 52.8 Å². The van der Waals surface area contributed by atoms with E-state index in [-0.39, 0.29) is 5.56 Å². The zero-order valence-electron chi connectivity index (χ0n) is 18.1. The summed E-state index contributed by atoms with van der Waals surface area (Å²) in [7, 11) is 3.72. The number of carboxylic acids is 1. The highest BCUT2D eigenvalue weighted by atomic mass is 32.2. The van der Waals surface area contributed by atoms with Crippen LogP contribution in [0.4, 0.5) is 5.82 Å². The number of carbonyl (C=O) groups is 1. The molecule has 0 aliphatic heterocycles. The number of methoxy groups -OCH3 is 1. The summed E-state index contributed by atoms with van der Waals surface area (Å²) in [4.78, 5) is 20.8. The van der Waals surface area contributed by atoms with E-state index in [4.69, 9.17) is 4.74 Å². The van der Waals surface area contributed by atoms with Crippen LogP contribution < -0.4 is 10.1 Å². The van der Waals surface area contributed by atoms with Crippen LogP contribution >= 0.6 is 11.8 Å². The summed E-state index contributed by atoms with van der Waals surface area (Å²) in [6, 6.07) is 13.3. The number of thioether (sulfide) groups is 1. The van der Waals surface area contributed by atoms with E-state index in [1.54, 1.807) is 19.2 Å². The average Bonchev–Trinajstić information content (AvgIpc) is 3.19. The Bertz CT molecular complexity index is 1290. The van der Waals surface area contributed by atoms with Crippen molar-refractivity contribution in [2.45, 2.75) is 11.3 Å². The lowest BCUT2D eigenvalue weighted by atomic mass is 10.1. The summed E-state index contributed by atoms with van der Waals surface area (Å²) in [5, 5.41) is 13.9. The largest absolute Gasteiger partial charge is 0.496 e. The molecular weight excluding hydrogens is 424 g/mol. The number of nitrogens with one attached hydrogen (secondary N) is 1. The summed E-state index contributed by atoms with van der Waals surface area (Å²) in [5.74, 6) is 0.647. The Morgan fingerprint density at radius 2 is 2.03 bits per heavy atom. The highest BCUT2D eigenvalue weighted by Gasteiger charge is 2.13. The molecule has 0 aliphatic carbocycles. The molecule has 0 fully saturated rings. The quantitative estimate of drug-likeness (QED) is 0.377. The van der Waals surface area contributed by atoms with Gasteiger partial charge in [-0.15, -0.1) is 11.8 Å². The van der Waals surface area contributed by atoms with Crippen molar-refractivity contribution in [2.75, 3.05) is 25.2 Å². The Hall–Kier alpha value is -3.52.